The SMILES string of the molecule is C#CC(Oc1cc[c]cc1)c1ccc(F)cc1. The number of terminal acetylenes is 1. The molecule has 0 aliphatic rings. The summed E-state index contributed by atoms with van der Waals surface area (Å²) >= 11 is 0. The Morgan fingerprint density at radius 2 is 1.76 bits per heavy atom. The second-order valence-electron chi connectivity index (χ2n) is 3.45. The molecule has 2 aromatic rings. The maximum absolute atomic E-state index is 12.8. The van der Waals surface area contributed by atoms with Crippen molar-refractivity contribution in [2.24, 2.45) is 0 Å². The molecule has 1 unspecified atom stereocenters. The van der Waals surface area contributed by atoms with E-state index < -0.39 is 6.10 Å². The minimum Gasteiger partial charge on any atom is -0.473 e. The molecule has 0 aliphatic heterocycles. The van der Waals surface area contributed by atoms with Gasteiger partial charge in [-0.25, -0.2) is 4.39 Å². The van der Waals surface area contributed by atoms with Gasteiger partial charge in [0.15, 0.2) is 6.10 Å². The third kappa shape index (κ3) is 2.85. The minimum atomic E-state index is -0.516. The quantitative estimate of drug-likeness (QED) is 0.727. The molecule has 2 aromatic carbocycles. The smallest absolute Gasteiger partial charge is 0.184 e. The van der Waals surface area contributed by atoms with Crippen LogP contribution in [0.1, 0.15) is 11.7 Å². The molecule has 0 amide bonds. The normalized spacial score (nSPS) is 11.5. The second-order valence-corrected chi connectivity index (χ2v) is 3.45. The molecule has 1 atom stereocenters. The fourth-order valence-corrected chi connectivity index (χ4v) is 1.42. The van der Waals surface area contributed by atoms with E-state index in [1.165, 1.54) is 12.1 Å². The van der Waals surface area contributed by atoms with Gasteiger partial charge in [0.1, 0.15) is 11.6 Å². The van der Waals surface area contributed by atoms with Gasteiger partial charge in [0, 0.05) is 5.56 Å². The van der Waals surface area contributed by atoms with Gasteiger partial charge >= 0.3 is 0 Å². The van der Waals surface area contributed by atoms with E-state index in [4.69, 9.17) is 11.2 Å². The van der Waals surface area contributed by atoms with Crippen molar-refractivity contribution in [1.29, 1.82) is 0 Å². The average molecular weight is 225 g/mol. The topological polar surface area (TPSA) is 9.23 Å². The van der Waals surface area contributed by atoms with E-state index in [0.717, 1.165) is 5.56 Å². The molecular weight excluding hydrogens is 215 g/mol. The summed E-state index contributed by atoms with van der Waals surface area (Å²) in [5.74, 6) is 2.90. The first-order valence-electron chi connectivity index (χ1n) is 5.14. The Morgan fingerprint density at radius 1 is 1.12 bits per heavy atom. The van der Waals surface area contributed by atoms with Gasteiger partial charge in [0.05, 0.1) is 0 Å². The third-order valence-corrected chi connectivity index (χ3v) is 2.27. The van der Waals surface area contributed by atoms with E-state index in [2.05, 4.69) is 12.0 Å². The highest BCUT2D eigenvalue weighted by Crippen LogP contribution is 2.21. The fraction of sp³-hybridized carbons (Fsp3) is 0.0667. The third-order valence-electron chi connectivity index (χ3n) is 2.27. The summed E-state index contributed by atoms with van der Waals surface area (Å²) in [5, 5.41) is 0. The lowest BCUT2D eigenvalue weighted by molar-refractivity contribution is 0.265. The summed E-state index contributed by atoms with van der Waals surface area (Å²) in [5.41, 5.74) is 0.752. The summed E-state index contributed by atoms with van der Waals surface area (Å²) < 4.78 is 18.4. The lowest BCUT2D eigenvalue weighted by Crippen LogP contribution is -2.04. The number of hydrogen-bond donors (Lipinski definition) is 0. The van der Waals surface area contributed by atoms with Crippen LogP contribution in [0, 0.1) is 24.2 Å². The fourth-order valence-electron chi connectivity index (χ4n) is 1.42. The van der Waals surface area contributed by atoms with Crippen LogP contribution in [0.4, 0.5) is 4.39 Å². The number of ether oxygens (including phenoxy) is 1. The molecule has 17 heavy (non-hydrogen) atoms. The molecule has 0 heterocycles. The maximum atomic E-state index is 12.8. The average Bonchev–Trinajstić information content (AvgIpc) is 2.38. The molecule has 2 rings (SSSR count). The predicted octanol–water partition coefficient (Wildman–Crippen LogP) is 3.38. The Labute approximate surface area is 99.9 Å². The van der Waals surface area contributed by atoms with Gasteiger partial charge < -0.3 is 4.74 Å². The van der Waals surface area contributed by atoms with Gasteiger partial charge in [0.25, 0.3) is 0 Å². The van der Waals surface area contributed by atoms with Crippen molar-refractivity contribution in [3.05, 3.63) is 66.0 Å². The van der Waals surface area contributed by atoms with Crippen molar-refractivity contribution in [3.8, 4) is 18.1 Å². The van der Waals surface area contributed by atoms with Crippen LogP contribution in [0.3, 0.4) is 0 Å². The molecule has 0 saturated carbocycles. The molecule has 1 nitrogen and oxygen atoms in total. The van der Waals surface area contributed by atoms with Gasteiger partial charge in [-0.2, -0.15) is 0 Å². The number of benzene rings is 2. The van der Waals surface area contributed by atoms with Crippen molar-refractivity contribution in [1.82, 2.24) is 0 Å². The zero-order valence-corrected chi connectivity index (χ0v) is 9.06. The van der Waals surface area contributed by atoms with Crippen LogP contribution in [-0.2, 0) is 0 Å². The van der Waals surface area contributed by atoms with Crippen LogP contribution in [0.2, 0.25) is 0 Å². The van der Waals surface area contributed by atoms with Gasteiger partial charge in [-0.3, -0.25) is 0 Å². The highest BCUT2D eigenvalue weighted by molar-refractivity contribution is 5.28. The van der Waals surface area contributed by atoms with Crippen molar-refractivity contribution < 1.29 is 9.13 Å². The van der Waals surface area contributed by atoms with Crippen molar-refractivity contribution in [3.63, 3.8) is 0 Å². The largest absolute Gasteiger partial charge is 0.473 e. The first-order chi connectivity index (χ1) is 8.29. The number of halogens is 1. The molecular formula is C15H10FO. The van der Waals surface area contributed by atoms with Crippen LogP contribution in [0.5, 0.6) is 5.75 Å². The maximum Gasteiger partial charge on any atom is 0.184 e. The predicted molar refractivity (Wildman–Crippen MR) is 63.9 cm³/mol. The summed E-state index contributed by atoms with van der Waals surface area (Å²) in [4.78, 5) is 0. The molecule has 0 spiro atoms. The number of rotatable bonds is 3. The van der Waals surface area contributed by atoms with Gasteiger partial charge in [0.2, 0.25) is 0 Å². The molecule has 0 saturated heterocycles. The molecule has 0 N–H and O–H groups in total. The standard InChI is InChI=1S/C15H10FO/c1-2-15(12-8-10-13(16)11-9-12)17-14-6-4-3-5-7-14/h1,4-11,15H. The molecule has 1 radical (unpaired) electrons. The highest BCUT2D eigenvalue weighted by Gasteiger charge is 2.09. The Kier molecular flexibility index (Phi) is 3.42. The van der Waals surface area contributed by atoms with E-state index >= 15 is 0 Å². The van der Waals surface area contributed by atoms with Gasteiger partial charge in [-0.05, 0) is 30.3 Å². The zero-order valence-electron chi connectivity index (χ0n) is 9.06. The number of hydrogen-bond acceptors (Lipinski definition) is 1. The van der Waals surface area contributed by atoms with E-state index in [-0.39, 0.29) is 5.82 Å². The van der Waals surface area contributed by atoms with Crippen LogP contribution >= 0.6 is 0 Å². The second kappa shape index (κ2) is 5.18. The summed E-state index contributed by atoms with van der Waals surface area (Å²) in [7, 11) is 0. The summed E-state index contributed by atoms with van der Waals surface area (Å²) in [6, 6.07) is 15.9. The monoisotopic (exact) mass is 225 g/mol. The molecule has 0 aliphatic carbocycles. The van der Waals surface area contributed by atoms with Crippen molar-refractivity contribution in [2.75, 3.05) is 0 Å². The van der Waals surface area contributed by atoms with Crippen molar-refractivity contribution in [2.45, 2.75) is 6.10 Å². The first kappa shape index (κ1) is 11.2. The summed E-state index contributed by atoms with van der Waals surface area (Å²) in [6.45, 7) is 0. The molecule has 0 aromatic heterocycles. The Hall–Kier alpha value is -2.27. The lowest BCUT2D eigenvalue weighted by Gasteiger charge is -2.13. The minimum absolute atomic E-state index is 0.293. The van der Waals surface area contributed by atoms with E-state index in [9.17, 15) is 4.39 Å². The summed E-state index contributed by atoms with van der Waals surface area (Å²) in [6.07, 6.45) is 4.90. The zero-order chi connectivity index (χ0) is 12.1. The van der Waals surface area contributed by atoms with Crippen LogP contribution in [-0.4, -0.2) is 0 Å². The van der Waals surface area contributed by atoms with Crippen LogP contribution in [0.15, 0.2) is 48.5 Å². The highest BCUT2D eigenvalue weighted by atomic mass is 19.1. The van der Waals surface area contributed by atoms with Crippen LogP contribution in [0.25, 0.3) is 0 Å². The van der Waals surface area contributed by atoms with E-state index in [1.54, 1.807) is 36.4 Å². The first-order valence-corrected chi connectivity index (χ1v) is 5.14. The lowest BCUT2D eigenvalue weighted by atomic mass is 10.1. The Bertz CT molecular complexity index is 511. The van der Waals surface area contributed by atoms with Gasteiger partial charge in [-0.1, -0.05) is 30.2 Å². The van der Waals surface area contributed by atoms with E-state index in [0.29, 0.717) is 5.75 Å². The van der Waals surface area contributed by atoms with Gasteiger partial charge in [-0.15, -0.1) is 6.42 Å². The van der Waals surface area contributed by atoms with Crippen molar-refractivity contribution >= 4 is 0 Å². The molecule has 83 valence electrons. The molecule has 0 bridgehead atoms. The molecule has 0 fully saturated rings. The molecule has 2 heteroatoms. The van der Waals surface area contributed by atoms with E-state index in [1.807, 2.05) is 0 Å². The Balaban J connectivity index is 2.18. The Morgan fingerprint density at radius 3 is 2.35 bits per heavy atom. The van der Waals surface area contributed by atoms with Crippen LogP contribution < -0.4 is 4.74 Å².